The number of nitrogens with one attached hydrogen (secondary N) is 1. The molecule has 0 fully saturated rings. The lowest BCUT2D eigenvalue weighted by atomic mass is 10.3. The van der Waals surface area contributed by atoms with Crippen LogP contribution in [0.2, 0.25) is 0 Å². The molecule has 2 N–H and O–H groups in total. The van der Waals surface area contributed by atoms with Crippen LogP contribution in [0.5, 0.6) is 5.75 Å². The second-order valence-corrected chi connectivity index (χ2v) is 4.05. The Labute approximate surface area is 91.6 Å². The zero-order chi connectivity index (χ0) is 10.5. The van der Waals surface area contributed by atoms with Crippen molar-refractivity contribution >= 4 is 11.3 Å². The summed E-state index contributed by atoms with van der Waals surface area (Å²) in [5, 5.41) is 12.3. The first-order chi connectivity index (χ1) is 7.34. The maximum Gasteiger partial charge on any atom is 0.133 e. The van der Waals surface area contributed by atoms with Gasteiger partial charge in [-0.3, -0.25) is 9.97 Å². The summed E-state index contributed by atoms with van der Waals surface area (Å²) in [6.07, 6.45) is 3.30. The molecule has 0 aromatic carbocycles. The van der Waals surface area contributed by atoms with Gasteiger partial charge in [0, 0.05) is 24.2 Å². The van der Waals surface area contributed by atoms with Gasteiger partial charge >= 0.3 is 0 Å². The number of aromatic nitrogens is 2. The summed E-state index contributed by atoms with van der Waals surface area (Å²) < 4.78 is 0. The van der Waals surface area contributed by atoms with Gasteiger partial charge in [0.05, 0.1) is 17.4 Å². The molecule has 15 heavy (non-hydrogen) atoms. The number of hydrogen-bond acceptors (Lipinski definition) is 5. The van der Waals surface area contributed by atoms with Crippen molar-refractivity contribution in [1.29, 1.82) is 0 Å². The molecule has 0 radical (unpaired) electrons. The van der Waals surface area contributed by atoms with Crippen molar-refractivity contribution in [3.8, 4) is 5.75 Å². The van der Waals surface area contributed by atoms with Gasteiger partial charge in [-0.05, 0) is 12.1 Å². The van der Waals surface area contributed by atoms with E-state index in [4.69, 9.17) is 5.11 Å². The molecule has 0 spiro atoms. The highest BCUT2D eigenvalue weighted by molar-refractivity contribution is 7.09. The minimum absolute atomic E-state index is 0.196. The van der Waals surface area contributed by atoms with E-state index < -0.39 is 0 Å². The predicted molar refractivity (Wildman–Crippen MR) is 58.6 cm³/mol. The highest BCUT2D eigenvalue weighted by Gasteiger charge is 1.96. The quantitative estimate of drug-likeness (QED) is 0.822. The summed E-state index contributed by atoms with van der Waals surface area (Å²) in [6, 6.07) is 3.44. The van der Waals surface area contributed by atoms with Crippen LogP contribution in [0.15, 0.2) is 30.0 Å². The molecule has 0 aliphatic carbocycles. The predicted octanol–water partition coefficient (Wildman–Crippen LogP) is 1.53. The molecule has 0 saturated heterocycles. The average molecular weight is 221 g/mol. The van der Waals surface area contributed by atoms with Crippen LogP contribution in [0.1, 0.15) is 10.6 Å². The molecule has 5 heteroatoms. The number of rotatable bonds is 4. The van der Waals surface area contributed by atoms with Crippen molar-refractivity contribution in [2.24, 2.45) is 0 Å². The van der Waals surface area contributed by atoms with Crippen molar-refractivity contribution in [1.82, 2.24) is 15.3 Å². The van der Waals surface area contributed by atoms with E-state index in [1.54, 1.807) is 23.5 Å². The zero-order valence-corrected chi connectivity index (χ0v) is 8.87. The van der Waals surface area contributed by atoms with Crippen molar-refractivity contribution in [3.63, 3.8) is 0 Å². The first kappa shape index (κ1) is 10.1. The van der Waals surface area contributed by atoms with E-state index in [9.17, 15) is 0 Å². The third-order valence-corrected chi connectivity index (χ3v) is 2.68. The standard InChI is InChI=1S/C10H11N3OS/c14-9-2-1-8(13-4-9)3-11-5-10-6-12-7-15-10/h1-2,4,6-7,11,14H,3,5H2. The Balaban J connectivity index is 1.81. The summed E-state index contributed by atoms with van der Waals surface area (Å²) in [5.41, 5.74) is 2.73. The van der Waals surface area contributed by atoms with Gasteiger partial charge in [-0.15, -0.1) is 11.3 Å². The van der Waals surface area contributed by atoms with E-state index >= 15 is 0 Å². The smallest absolute Gasteiger partial charge is 0.133 e. The topological polar surface area (TPSA) is 58.0 Å². The maximum atomic E-state index is 9.04. The molecule has 78 valence electrons. The summed E-state index contributed by atoms with van der Waals surface area (Å²) in [6.45, 7) is 1.49. The van der Waals surface area contributed by atoms with Gasteiger partial charge in [-0.25, -0.2) is 0 Å². The van der Waals surface area contributed by atoms with Gasteiger partial charge in [0.2, 0.25) is 0 Å². The van der Waals surface area contributed by atoms with E-state index in [0.717, 1.165) is 12.2 Å². The molecule has 2 rings (SSSR count). The summed E-state index contributed by atoms with van der Waals surface area (Å²) in [5.74, 6) is 0.196. The van der Waals surface area contributed by atoms with E-state index in [1.807, 2.05) is 11.7 Å². The summed E-state index contributed by atoms with van der Waals surface area (Å²) in [4.78, 5) is 9.26. The Bertz CT molecular complexity index is 399. The molecule has 2 aromatic heterocycles. The number of hydrogen-bond donors (Lipinski definition) is 2. The van der Waals surface area contributed by atoms with Crippen LogP contribution in [0.4, 0.5) is 0 Å². The van der Waals surface area contributed by atoms with Gasteiger partial charge in [-0.2, -0.15) is 0 Å². The molecule has 0 saturated carbocycles. The average Bonchev–Trinajstić information content (AvgIpc) is 2.74. The molecule has 2 aromatic rings. The highest BCUT2D eigenvalue weighted by atomic mass is 32.1. The molecule has 0 aliphatic rings. The molecule has 0 bridgehead atoms. The molecular formula is C10H11N3OS. The van der Waals surface area contributed by atoms with E-state index in [2.05, 4.69) is 15.3 Å². The summed E-state index contributed by atoms with van der Waals surface area (Å²) >= 11 is 1.63. The van der Waals surface area contributed by atoms with Crippen LogP contribution in [0.3, 0.4) is 0 Å². The number of nitrogens with zero attached hydrogens (tertiary/aromatic N) is 2. The van der Waals surface area contributed by atoms with Gasteiger partial charge in [-0.1, -0.05) is 0 Å². The summed E-state index contributed by atoms with van der Waals surface area (Å²) in [7, 11) is 0. The molecule has 0 atom stereocenters. The lowest BCUT2D eigenvalue weighted by Gasteiger charge is -2.02. The Morgan fingerprint density at radius 2 is 2.20 bits per heavy atom. The van der Waals surface area contributed by atoms with Crippen LogP contribution in [0, 0.1) is 0 Å². The van der Waals surface area contributed by atoms with Crippen LogP contribution in [-0.4, -0.2) is 15.1 Å². The Morgan fingerprint density at radius 3 is 2.87 bits per heavy atom. The molecule has 4 nitrogen and oxygen atoms in total. The minimum Gasteiger partial charge on any atom is -0.506 e. The van der Waals surface area contributed by atoms with E-state index in [0.29, 0.717) is 6.54 Å². The fourth-order valence-corrected chi connectivity index (χ4v) is 1.73. The maximum absolute atomic E-state index is 9.04. The van der Waals surface area contributed by atoms with E-state index in [-0.39, 0.29) is 5.75 Å². The van der Waals surface area contributed by atoms with Crippen LogP contribution in [0.25, 0.3) is 0 Å². The zero-order valence-electron chi connectivity index (χ0n) is 8.05. The van der Waals surface area contributed by atoms with Gasteiger partial charge in [0.1, 0.15) is 5.75 Å². The molecule has 0 unspecified atom stereocenters. The third kappa shape index (κ3) is 3.00. The number of thiazole rings is 1. The largest absolute Gasteiger partial charge is 0.506 e. The molecule has 0 amide bonds. The van der Waals surface area contributed by atoms with Crippen molar-refractivity contribution in [2.75, 3.05) is 0 Å². The third-order valence-electron chi connectivity index (χ3n) is 1.90. The molecule has 0 aliphatic heterocycles. The highest BCUT2D eigenvalue weighted by Crippen LogP contribution is 2.07. The van der Waals surface area contributed by atoms with Crippen LogP contribution < -0.4 is 5.32 Å². The van der Waals surface area contributed by atoms with Crippen LogP contribution >= 0.6 is 11.3 Å². The van der Waals surface area contributed by atoms with Gasteiger partial charge < -0.3 is 10.4 Å². The molecule has 2 heterocycles. The second kappa shape index (κ2) is 4.86. The SMILES string of the molecule is Oc1ccc(CNCc2cncs2)nc1. The van der Waals surface area contributed by atoms with Crippen molar-refractivity contribution < 1.29 is 5.11 Å². The number of aromatic hydroxyl groups is 1. The minimum atomic E-state index is 0.196. The first-order valence-corrected chi connectivity index (χ1v) is 5.44. The molecular weight excluding hydrogens is 210 g/mol. The lowest BCUT2D eigenvalue weighted by molar-refractivity contribution is 0.471. The Morgan fingerprint density at radius 1 is 1.27 bits per heavy atom. The van der Waals surface area contributed by atoms with Gasteiger partial charge in [0.15, 0.2) is 0 Å². The van der Waals surface area contributed by atoms with Crippen molar-refractivity contribution in [2.45, 2.75) is 13.1 Å². The first-order valence-electron chi connectivity index (χ1n) is 4.56. The Hall–Kier alpha value is -1.46. The van der Waals surface area contributed by atoms with Crippen molar-refractivity contribution in [3.05, 3.63) is 40.6 Å². The van der Waals surface area contributed by atoms with E-state index in [1.165, 1.54) is 11.1 Å². The number of pyridine rings is 1. The normalized spacial score (nSPS) is 10.4. The van der Waals surface area contributed by atoms with Crippen LogP contribution in [-0.2, 0) is 13.1 Å². The fourth-order valence-electron chi connectivity index (χ4n) is 1.16. The fraction of sp³-hybridized carbons (Fsp3) is 0.200. The Kier molecular flexibility index (Phi) is 3.26. The lowest BCUT2D eigenvalue weighted by Crippen LogP contribution is -2.12. The van der Waals surface area contributed by atoms with Gasteiger partial charge in [0.25, 0.3) is 0 Å². The monoisotopic (exact) mass is 221 g/mol. The second-order valence-electron chi connectivity index (χ2n) is 3.08.